The van der Waals surface area contributed by atoms with Crippen molar-refractivity contribution >= 4 is 0 Å². The van der Waals surface area contributed by atoms with Gasteiger partial charge in [-0.15, -0.1) is 0 Å². The van der Waals surface area contributed by atoms with E-state index in [4.69, 9.17) is 0 Å². The van der Waals surface area contributed by atoms with Crippen LogP contribution in [0.4, 0.5) is 0 Å². The van der Waals surface area contributed by atoms with E-state index in [1.54, 1.807) is 6.08 Å². The zero-order chi connectivity index (χ0) is 22.8. The molecule has 4 N–H and O–H groups in total. The number of fused-ring (bicyclic) bond motifs is 5. The molecule has 3 fully saturated rings. The molecule has 4 heteroatoms. The first kappa shape index (κ1) is 23.5. The minimum atomic E-state index is -1.48. The molecule has 4 aliphatic carbocycles. The standard InChI is InChI=1S/C27H44O4/c1-17(2)7-6-8-18(3)20-9-10-21-22-15-23(29)27(31)16-19(28)11-12-25(27,5)26(22,30)14-13-24(20,21)4/h6,8,15,17-21,23,28-31H,7,9-14,16H2,1-5H3/b8-6+/t18-,19+,20-,21+,23-,24-,25-,26-,27+/m1/s1. The van der Waals surface area contributed by atoms with Crippen LogP contribution in [0, 0.1) is 34.5 Å². The van der Waals surface area contributed by atoms with Crippen molar-refractivity contribution in [3.05, 3.63) is 23.8 Å². The lowest BCUT2D eigenvalue weighted by atomic mass is 9.43. The third-order valence-corrected chi connectivity index (χ3v) is 10.2. The van der Waals surface area contributed by atoms with Crippen molar-refractivity contribution < 1.29 is 20.4 Å². The van der Waals surface area contributed by atoms with E-state index < -0.39 is 28.8 Å². The summed E-state index contributed by atoms with van der Waals surface area (Å²) in [7, 11) is 0. The van der Waals surface area contributed by atoms with E-state index >= 15 is 0 Å². The molecule has 0 heterocycles. The Hall–Kier alpha value is -0.680. The third-order valence-electron chi connectivity index (χ3n) is 10.2. The lowest BCUT2D eigenvalue weighted by Gasteiger charge is -2.65. The van der Waals surface area contributed by atoms with Gasteiger partial charge in [0.25, 0.3) is 0 Å². The molecule has 4 rings (SSSR count). The van der Waals surface area contributed by atoms with E-state index in [9.17, 15) is 20.4 Å². The Labute approximate surface area is 188 Å². The molecule has 0 aromatic carbocycles. The van der Waals surface area contributed by atoms with Crippen LogP contribution < -0.4 is 0 Å². The Morgan fingerprint density at radius 1 is 1.03 bits per heavy atom. The lowest BCUT2D eigenvalue weighted by molar-refractivity contribution is -0.258. The highest BCUT2D eigenvalue weighted by Gasteiger charge is 2.70. The van der Waals surface area contributed by atoms with E-state index in [-0.39, 0.29) is 17.8 Å². The fourth-order valence-electron chi connectivity index (χ4n) is 8.11. The second kappa shape index (κ2) is 7.68. The normalized spacial score (nSPS) is 50.7. The first-order valence-electron chi connectivity index (χ1n) is 12.6. The molecule has 4 aliphatic rings. The van der Waals surface area contributed by atoms with Gasteiger partial charge in [-0.25, -0.2) is 0 Å². The van der Waals surface area contributed by atoms with Crippen LogP contribution in [0.3, 0.4) is 0 Å². The van der Waals surface area contributed by atoms with Gasteiger partial charge in [0, 0.05) is 11.8 Å². The summed E-state index contributed by atoms with van der Waals surface area (Å²) in [6.07, 6.45) is 10.9. The fourth-order valence-corrected chi connectivity index (χ4v) is 8.11. The Kier molecular flexibility index (Phi) is 5.82. The monoisotopic (exact) mass is 432 g/mol. The molecular weight excluding hydrogens is 388 g/mol. The maximum atomic E-state index is 12.2. The van der Waals surface area contributed by atoms with Crippen LogP contribution in [-0.4, -0.2) is 43.8 Å². The van der Waals surface area contributed by atoms with Crippen molar-refractivity contribution in [2.45, 2.75) is 109 Å². The molecule has 0 spiro atoms. The van der Waals surface area contributed by atoms with Crippen LogP contribution >= 0.6 is 0 Å². The average molecular weight is 433 g/mol. The highest BCUT2D eigenvalue weighted by molar-refractivity contribution is 5.40. The first-order valence-corrected chi connectivity index (χ1v) is 12.6. The van der Waals surface area contributed by atoms with Gasteiger partial charge in [0.15, 0.2) is 0 Å². The van der Waals surface area contributed by atoms with Crippen LogP contribution in [0.1, 0.15) is 86.0 Å². The van der Waals surface area contributed by atoms with Gasteiger partial charge in [0.2, 0.25) is 0 Å². The second-order valence-electron chi connectivity index (χ2n) is 12.2. The molecule has 0 aromatic rings. The molecule has 4 nitrogen and oxygen atoms in total. The summed E-state index contributed by atoms with van der Waals surface area (Å²) >= 11 is 0. The molecule has 0 aromatic heterocycles. The number of aliphatic hydroxyl groups excluding tert-OH is 2. The van der Waals surface area contributed by atoms with Crippen molar-refractivity contribution in [1.29, 1.82) is 0 Å². The molecular formula is C27H44O4. The topological polar surface area (TPSA) is 80.9 Å². The predicted octanol–water partition coefficient (Wildman–Crippen LogP) is 4.37. The third kappa shape index (κ3) is 3.23. The molecule has 31 heavy (non-hydrogen) atoms. The van der Waals surface area contributed by atoms with Crippen molar-refractivity contribution in [2.24, 2.45) is 34.5 Å². The minimum Gasteiger partial charge on any atom is -0.393 e. The summed E-state index contributed by atoms with van der Waals surface area (Å²) in [5.74, 6) is 1.96. The van der Waals surface area contributed by atoms with E-state index in [0.717, 1.165) is 31.3 Å². The SMILES string of the molecule is CC(C)C/C=C/[C@@H](C)[C@H]1CC[C@H]2C3=C[C@@H](O)[C@@]4(O)C[C@@H](O)CC[C@]4(C)[C@@]3(O)CC[C@]12C. The number of hydrogen-bond donors (Lipinski definition) is 4. The van der Waals surface area contributed by atoms with Gasteiger partial charge in [-0.05, 0) is 79.6 Å². The van der Waals surface area contributed by atoms with Gasteiger partial charge in [-0.1, -0.05) is 52.8 Å². The highest BCUT2D eigenvalue weighted by atomic mass is 16.4. The van der Waals surface area contributed by atoms with Crippen molar-refractivity contribution in [1.82, 2.24) is 0 Å². The van der Waals surface area contributed by atoms with Gasteiger partial charge in [-0.2, -0.15) is 0 Å². The molecule has 0 bridgehead atoms. The van der Waals surface area contributed by atoms with Crippen LogP contribution in [-0.2, 0) is 0 Å². The summed E-state index contributed by atoms with van der Waals surface area (Å²) in [6.45, 7) is 11.2. The van der Waals surface area contributed by atoms with Crippen LogP contribution in [0.15, 0.2) is 23.8 Å². The van der Waals surface area contributed by atoms with Crippen LogP contribution in [0.25, 0.3) is 0 Å². The summed E-state index contributed by atoms with van der Waals surface area (Å²) < 4.78 is 0. The van der Waals surface area contributed by atoms with Crippen molar-refractivity contribution in [3.63, 3.8) is 0 Å². The Balaban J connectivity index is 1.67. The smallest absolute Gasteiger partial charge is 0.105 e. The Morgan fingerprint density at radius 3 is 2.42 bits per heavy atom. The van der Waals surface area contributed by atoms with Gasteiger partial charge in [-0.3, -0.25) is 0 Å². The van der Waals surface area contributed by atoms with E-state index in [1.165, 1.54) is 0 Å². The summed E-state index contributed by atoms with van der Waals surface area (Å²) in [4.78, 5) is 0. The van der Waals surface area contributed by atoms with Gasteiger partial charge in [0.1, 0.15) is 11.7 Å². The molecule has 0 aliphatic heterocycles. The molecule has 176 valence electrons. The Morgan fingerprint density at radius 2 is 1.74 bits per heavy atom. The molecule has 0 unspecified atom stereocenters. The molecule has 0 radical (unpaired) electrons. The zero-order valence-electron chi connectivity index (χ0n) is 20.1. The zero-order valence-corrected chi connectivity index (χ0v) is 20.1. The molecule has 0 saturated heterocycles. The number of allylic oxidation sites excluding steroid dienone is 2. The minimum absolute atomic E-state index is 0.0966. The average Bonchev–Trinajstić information content (AvgIpc) is 3.03. The van der Waals surface area contributed by atoms with Crippen LogP contribution in [0.2, 0.25) is 0 Å². The summed E-state index contributed by atoms with van der Waals surface area (Å²) in [6, 6.07) is 0. The summed E-state index contributed by atoms with van der Waals surface area (Å²) in [5.41, 5.74) is -2.37. The van der Waals surface area contributed by atoms with Gasteiger partial charge in [0.05, 0.1) is 11.7 Å². The largest absolute Gasteiger partial charge is 0.393 e. The number of aliphatic hydroxyl groups is 4. The highest BCUT2D eigenvalue weighted by Crippen LogP contribution is 2.69. The number of hydrogen-bond acceptors (Lipinski definition) is 4. The fraction of sp³-hybridized carbons (Fsp3) is 0.852. The first-order chi connectivity index (χ1) is 14.4. The molecule has 9 atom stereocenters. The maximum Gasteiger partial charge on any atom is 0.105 e. The van der Waals surface area contributed by atoms with Crippen LogP contribution in [0.5, 0.6) is 0 Å². The van der Waals surface area contributed by atoms with E-state index in [0.29, 0.717) is 37.0 Å². The second-order valence-corrected chi connectivity index (χ2v) is 12.2. The van der Waals surface area contributed by atoms with Gasteiger partial charge < -0.3 is 20.4 Å². The maximum absolute atomic E-state index is 12.2. The Bertz CT molecular complexity index is 758. The lowest BCUT2D eigenvalue weighted by Crippen LogP contribution is -2.72. The summed E-state index contributed by atoms with van der Waals surface area (Å²) in [5, 5.41) is 45.1. The van der Waals surface area contributed by atoms with Gasteiger partial charge >= 0.3 is 0 Å². The van der Waals surface area contributed by atoms with E-state index in [1.807, 2.05) is 6.92 Å². The van der Waals surface area contributed by atoms with Crippen molar-refractivity contribution in [3.8, 4) is 0 Å². The van der Waals surface area contributed by atoms with E-state index in [2.05, 4.69) is 39.8 Å². The van der Waals surface area contributed by atoms with Crippen molar-refractivity contribution in [2.75, 3.05) is 0 Å². The predicted molar refractivity (Wildman–Crippen MR) is 123 cm³/mol. The molecule has 3 saturated carbocycles. The molecule has 0 amide bonds. The number of rotatable bonds is 4. The quantitative estimate of drug-likeness (QED) is 0.498.